The molecule has 0 spiro atoms. The van der Waals surface area contributed by atoms with Gasteiger partial charge in [-0.25, -0.2) is 4.79 Å². The van der Waals surface area contributed by atoms with E-state index in [9.17, 15) is 4.79 Å². The summed E-state index contributed by atoms with van der Waals surface area (Å²) in [6, 6.07) is 11.3. The molecule has 0 unspecified atom stereocenters. The Labute approximate surface area is 147 Å². The lowest BCUT2D eigenvalue weighted by molar-refractivity contribution is 0.0601. The zero-order valence-electron chi connectivity index (χ0n) is 14.2. The van der Waals surface area contributed by atoms with Gasteiger partial charge in [0.15, 0.2) is 0 Å². The molecule has 5 heteroatoms. The molecule has 0 atom stereocenters. The van der Waals surface area contributed by atoms with E-state index in [-0.39, 0.29) is 5.97 Å². The standard InChI is InChI=1S/C19H22ClNO3/c1-13-5-8-18(16(11-13)19(22)23-3)21-9-4-10-24-15-6-7-17(20)14(2)12-15/h5-8,11-12,21H,4,9-10H2,1-3H3. The van der Waals surface area contributed by atoms with Gasteiger partial charge in [-0.3, -0.25) is 0 Å². The minimum absolute atomic E-state index is 0.339. The quantitative estimate of drug-likeness (QED) is 0.586. The van der Waals surface area contributed by atoms with Gasteiger partial charge in [0.25, 0.3) is 0 Å². The van der Waals surface area contributed by atoms with Crippen LogP contribution in [0.3, 0.4) is 0 Å². The first-order chi connectivity index (χ1) is 11.5. The van der Waals surface area contributed by atoms with E-state index in [0.717, 1.165) is 34.0 Å². The average Bonchev–Trinajstić information content (AvgIpc) is 2.58. The Bertz CT molecular complexity index is 716. The first-order valence-corrected chi connectivity index (χ1v) is 8.21. The van der Waals surface area contributed by atoms with E-state index in [1.165, 1.54) is 7.11 Å². The highest BCUT2D eigenvalue weighted by atomic mass is 35.5. The first kappa shape index (κ1) is 18.1. The third kappa shape index (κ3) is 4.90. The smallest absolute Gasteiger partial charge is 0.339 e. The number of esters is 1. The van der Waals surface area contributed by atoms with Crippen LogP contribution in [0.2, 0.25) is 5.02 Å². The molecule has 0 aliphatic rings. The number of anilines is 1. The summed E-state index contributed by atoms with van der Waals surface area (Å²) in [4.78, 5) is 11.8. The zero-order valence-corrected chi connectivity index (χ0v) is 14.9. The second-order valence-corrected chi connectivity index (χ2v) is 5.99. The molecule has 0 radical (unpaired) electrons. The molecule has 0 saturated heterocycles. The van der Waals surface area contributed by atoms with Crippen molar-refractivity contribution in [1.82, 2.24) is 0 Å². The number of hydrogen-bond donors (Lipinski definition) is 1. The molecule has 0 aliphatic heterocycles. The average molecular weight is 348 g/mol. The van der Waals surface area contributed by atoms with Gasteiger partial charge in [-0.1, -0.05) is 23.2 Å². The van der Waals surface area contributed by atoms with Crippen molar-refractivity contribution in [3.05, 3.63) is 58.1 Å². The zero-order chi connectivity index (χ0) is 17.5. The molecule has 0 amide bonds. The van der Waals surface area contributed by atoms with Crippen LogP contribution in [-0.2, 0) is 4.74 Å². The second kappa shape index (κ2) is 8.60. The molecule has 24 heavy (non-hydrogen) atoms. The number of halogens is 1. The van der Waals surface area contributed by atoms with Gasteiger partial charge < -0.3 is 14.8 Å². The molecule has 0 saturated carbocycles. The van der Waals surface area contributed by atoms with Crippen LogP contribution in [0.1, 0.15) is 27.9 Å². The maximum atomic E-state index is 11.8. The summed E-state index contributed by atoms with van der Waals surface area (Å²) in [7, 11) is 1.39. The third-order valence-corrected chi connectivity index (χ3v) is 4.04. The lowest BCUT2D eigenvalue weighted by Crippen LogP contribution is -2.11. The van der Waals surface area contributed by atoms with Gasteiger partial charge in [-0.05, 0) is 56.2 Å². The largest absolute Gasteiger partial charge is 0.494 e. The number of carbonyl (C=O) groups is 1. The summed E-state index contributed by atoms with van der Waals surface area (Å²) in [6.45, 7) is 5.16. The van der Waals surface area contributed by atoms with Crippen molar-refractivity contribution in [3.8, 4) is 5.75 Å². The Kier molecular flexibility index (Phi) is 6.50. The van der Waals surface area contributed by atoms with Crippen LogP contribution in [0.5, 0.6) is 5.75 Å². The highest BCUT2D eigenvalue weighted by molar-refractivity contribution is 6.31. The monoisotopic (exact) mass is 347 g/mol. The predicted octanol–water partition coefficient (Wildman–Crippen LogP) is 4.62. The molecule has 0 fully saturated rings. The number of rotatable bonds is 7. The molecule has 4 nitrogen and oxygen atoms in total. The molecule has 0 heterocycles. The van der Waals surface area contributed by atoms with Crippen molar-refractivity contribution >= 4 is 23.3 Å². The van der Waals surface area contributed by atoms with E-state index in [2.05, 4.69) is 5.32 Å². The molecule has 128 valence electrons. The highest BCUT2D eigenvalue weighted by Crippen LogP contribution is 2.21. The number of hydrogen-bond acceptors (Lipinski definition) is 4. The summed E-state index contributed by atoms with van der Waals surface area (Å²) in [6.07, 6.45) is 0.802. The normalized spacial score (nSPS) is 10.3. The predicted molar refractivity (Wildman–Crippen MR) is 97.3 cm³/mol. The maximum Gasteiger partial charge on any atom is 0.339 e. The molecule has 2 aromatic rings. The Morgan fingerprint density at radius 3 is 2.67 bits per heavy atom. The minimum atomic E-state index is -0.339. The molecule has 0 bridgehead atoms. The van der Waals surface area contributed by atoms with Gasteiger partial charge in [0, 0.05) is 17.3 Å². The number of benzene rings is 2. The van der Waals surface area contributed by atoms with Crippen molar-refractivity contribution < 1.29 is 14.3 Å². The van der Waals surface area contributed by atoms with Crippen LogP contribution in [0, 0.1) is 13.8 Å². The number of carbonyl (C=O) groups excluding carboxylic acids is 1. The van der Waals surface area contributed by atoms with E-state index in [4.69, 9.17) is 21.1 Å². The van der Waals surface area contributed by atoms with Crippen molar-refractivity contribution in [2.75, 3.05) is 25.6 Å². The number of nitrogens with one attached hydrogen (secondary N) is 1. The van der Waals surface area contributed by atoms with Crippen LogP contribution in [-0.4, -0.2) is 26.2 Å². The van der Waals surface area contributed by atoms with Crippen molar-refractivity contribution in [2.24, 2.45) is 0 Å². The molecule has 0 aliphatic carbocycles. The summed E-state index contributed by atoms with van der Waals surface area (Å²) in [5, 5.41) is 4.00. The molecule has 2 aromatic carbocycles. The number of ether oxygens (including phenoxy) is 2. The Hall–Kier alpha value is -2.20. The van der Waals surface area contributed by atoms with Crippen molar-refractivity contribution in [2.45, 2.75) is 20.3 Å². The SMILES string of the molecule is COC(=O)c1cc(C)ccc1NCCCOc1ccc(Cl)c(C)c1. The topological polar surface area (TPSA) is 47.6 Å². The second-order valence-electron chi connectivity index (χ2n) is 5.58. The van der Waals surface area contributed by atoms with E-state index >= 15 is 0 Å². The van der Waals surface area contributed by atoms with Gasteiger partial charge in [0.1, 0.15) is 5.75 Å². The van der Waals surface area contributed by atoms with E-state index in [0.29, 0.717) is 18.7 Å². The van der Waals surface area contributed by atoms with Crippen LogP contribution >= 0.6 is 11.6 Å². The number of methoxy groups -OCH3 is 1. The molecular formula is C19H22ClNO3. The third-order valence-electron chi connectivity index (χ3n) is 3.62. The fourth-order valence-corrected chi connectivity index (χ4v) is 2.40. The molecule has 2 rings (SSSR count). The molecule has 0 aromatic heterocycles. The lowest BCUT2D eigenvalue weighted by atomic mass is 10.1. The lowest BCUT2D eigenvalue weighted by Gasteiger charge is -2.12. The van der Waals surface area contributed by atoms with Crippen LogP contribution in [0.15, 0.2) is 36.4 Å². The molecule has 1 N–H and O–H groups in total. The van der Waals surface area contributed by atoms with Gasteiger partial charge in [0.05, 0.1) is 19.3 Å². The maximum absolute atomic E-state index is 11.8. The Morgan fingerprint density at radius 2 is 1.96 bits per heavy atom. The Balaban J connectivity index is 1.84. The Morgan fingerprint density at radius 1 is 1.17 bits per heavy atom. The van der Waals surface area contributed by atoms with Gasteiger partial charge in [0.2, 0.25) is 0 Å². The van der Waals surface area contributed by atoms with E-state index in [1.807, 2.05) is 50.2 Å². The van der Waals surface area contributed by atoms with E-state index in [1.54, 1.807) is 0 Å². The van der Waals surface area contributed by atoms with Crippen LogP contribution in [0.4, 0.5) is 5.69 Å². The van der Waals surface area contributed by atoms with Gasteiger partial charge in [-0.2, -0.15) is 0 Å². The summed E-state index contributed by atoms with van der Waals surface area (Å²) < 4.78 is 10.5. The van der Waals surface area contributed by atoms with E-state index < -0.39 is 0 Å². The van der Waals surface area contributed by atoms with Crippen LogP contribution < -0.4 is 10.1 Å². The summed E-state index contributed by atoms with van der Waals surface area (Å²) >= 11 is 5.99. The van der Waals surface area contributed by atoms with Gasteiger partial charge in [-0.15, -0.1) is 0 Å². The summed E-state index contributed by atoms with van der Waals surface area (Å²) in [5.74, 6) is 0.469. The first-order valence-electron chi connectivity index (χ1n) is 7.83. The minimum Gasteiger partial charge on any atom is -0.494 e. The van der Waals surface area contributed by atoms with Crippen molar-refractivity contribution in [1.29, 1.82) is 0 Å². The van der Waals surface area contributed by atoms with Gasteiger partial charge >= 0.3 is 5.97 Å². The van der Waals surface area contributed by atoms with Crippen LogP contribution in [0.25, 0.3) is 0 Å². The van der Waals surface area contributed by atoms with Crippen molar-refractivity contribution in [3.63, 3.8) is 0 Å². The summed E-state index contributed by atoms with van der Waals surface area (Å²) in [5.41, 5.74) is 3.33. The fraction of sp³-hybridized carbons (Fsp3) is 0.316. The number of aryl methyl sites for hydroxylation is 2. The molecular weight excluding hydrogens is 326 g/mol. The fourth-order valence-electron chi connectivity index (χ4n) is 2.28. The highest BCUT2D eigenvalue weighted by Gasteiger charge is 2.11.